The number of nitrogens with one attached hydrogen (secondary N) is 1. The second-order valence-electron chi connectivity index (χ2n) is 7.23. The van der Waals surface area contributed by atoms with Crippen molar-refractivity contribution < 1.29 is 9.53 Å². The molecule has 1 aromatic heterocycles. The normalized spacial score (nSPS) is 10.8. The van der Waals surface area contributed by atoms with E-state index in [1.54, 1.807) is 13.3 Å². The molecule has 0 unspecified atom stereocenters. The summed E-state index contributed by atoms with van der Waals surface area (Å²) in [5.74, 6) is 1.60. The van der Waals surface area contributed by atoms with Gasteiger partial charge >= 0.3 is 0 Å². The van der Waals surface area contributed by atoms with E-state index in [0.29, 0.717) is 11.7 Å². The number of amides is 1. The van der Waals surface area contributed by atoms with E-state index in [1.165, 1.54) is 0 Å². The summed E-state index contributed by atoms with van der Waals surface area (Å²) in [7, 11) is 1.64. The Hall–Kier alpha value is -2.73. The number of methoxy groups -OCH3 is 1. The van der Waals surface area contributed by atoms with Crippen LogP contribution in [-0.4, -0.2) is 23.0 Å². The first-order chi connectivity index (χ1) is 13.9. The van der Waals surface area contributed by atoms with Gasteiger partial charge in [0.25, 0.3) is 0 Å². The van der Waals surface area contributed by atoms with Gasteiger partial charge in [0, 0.05) is 10.0 Å². The van der Waals surface area contributed by atoms with Crippen LogP contribution in [0, 0.1) is 5.92 Å². The molecule has 0 radical (unpaired) electrons. The topological polar surface area (TPSA) is 64.1 Å². The predicted octanol–water partition coefficient (Wildman–Crippen LogP) is 5.29. The van der Waals surface area contributed by atoms with Crippen LogP contribution in [0.15, 0.2) is 59.2 Å². The summed E-state index contributed by atoms with van der Waals surface area (Å²) in [5, 5.41) is 2.93. The number of benzene rings is 2. The van der Waals surface area contributed by atoms with E-state index in [4.69, 9.17) is 9.72 Å². The highest BCUT2D eigenvalue weighted by Crippen LogP contribution is 2.24. The lowest BCUT2D eigenvalue weighted by molar-refractivity contribution is -0.115. The van der Waals surface area contributed by atoms with E-state index >= 15 is 0 Å². The number of anilines is 1. The van der Waals surface area contributed by atoms with Gasteiger partial charge in [-0.1, -0.05) is 41.9 Å². The average Bonchev–Trinajstić information content (AvgIpc) is 2.71. The van der Waals surface area contributed by atoms with Gasteiger partial charge in [-0.05, 0) is 54.3 Å². The fraction of sp³-hybridized carbons (Fsp3) is 0.261. The minimum absolute atomic E-state index is 0.108. The Morgan fingerprint density at radius 1 is 1.10 bits per heavy atom. The fourth-order valence-electron chi connectivity index (χ4n) is 2.93. The van der Waals surface area contributed by atoms with Crippen LogP contribution in [0.1, 0.15) is 25.1 Å². The predicted molar refractivity (Wildman–Crippen MR) is 119 cm³/mol. The SMILES string of the molecule is COc1ccc(-c2cnc(NC(=O)Cc3ccc(Br)cc3)c(CC(C)C)n2)cc1. The Morgan fingerprint density at radius 2 is 1.79 bits per heavy atom. The maximum Gasteiger partial charge on any atom is 0.229 e. The third kappa shape index (κ3) is 5.87. The maximum atomic E-state index is 12.5. The van der Waals surface area contributed by atoms with Gasteiger partial charge in [-0.3, -0.25) is 4.79 Å². The van der Waals surface area contributed by atoms with Gasteiger partial charge < -0.3 is 10.1 Å². The van der Waals surface area contributed by atoms with Crippen LogP contribution in [0.4, 0.5) is 5.82 Å². The third-order valence-electron chi connectivity index (χ3n) is 4.37. The second kappa shape index (κ2) is 9.65. The Kier molecular flexibility index (Phi) is 6.99. The lowest BCUT2D eigenvalue weighted by atomic mass is 10.1. The van der Waals surface area contributed by atoms with E-state index in [0.717, 1.165) is 39.2 Å². The molecule has 6 heteroatoms. The molecule has 0 atom stereocenters. The van der Waals surface area contributed by atoms with Crippen LogP contribution >= 0.6 is 15.9 Å². The summed E-state index contributed by atoms with van der Waals surface area (Å²) < 4.78 is 6.20. The summed E-state index contributed by atoms with van der Waals surface area (Å²) in [5.41, 5.74) is 3.46. The van der Waals surface area contributed by atoms with Gasteiger partial charge in [-0.25, -0.2) is 9.97 Å². The van der Waals surface area contributed by atoms with E-state index < -0.39 is 0 Å². The Balaban J connectivity index is 1.81. The molecular formula is C23H24BrN3O2. The van der Waals surface area contributed by atoms with E-state index in [-0.39, 0.29) is 12.3 Å². The van der Waals surface area contributed by atoms with Crippen molar-refractivity contribution in [3.05, 3.63) is 70.5 Å². The molecule has 5 nitrogen and oxygen atoms in total. The Labute approximate surface area is 179 Å². The molecule has 2 aromatic carbocycles. The smallest absolute Gasteiger partial charge is 0.229 e. The molecule has 0 aliphatic carbocycles. The van der Waals surface area contributed by atoms with Crippen LogP contribution in [0.3, 0.4) is 0 Å². The molecule has 0 saturated carbocycles. The summed E-state index contributed by atoms with van der Waals surface area (Å²) in [6.45, 7) is 4.24. The molecule has 3 aromatic rings. The number of carbonyl (C=O) groups is 1. The van der Waals surface area contributed by atoms with E-state index in [9.17, 15) is 4.79 Å². The molecule has 0 saturated heterocycles. The molecule has 1 heterocycles. The van der Waals surface area contributed by atoms with Gasteiger partial charge in [0.15, 0.2) is 5.82 Å². The lowest BCUT2D eigenvalue weighted by Gasteiger charge is -2.13. The average molecular weight is 454 g/mol. The van der Waals surface area contributed by atoms with Gasteiger partial charge in [-0.15, -0.1) is 0 Å². The molecule has 1 N–H and O–H groups in total. The number of ether oxygens (including phenoxy) is 1. The molecule has 1 amide bonds. The van der Waals surface area contributed by atoms with Crippen LogP contribution in [-0.2, 0) is 17.6 Å². The number of rotatable bonds is 7. The highest BCUT2D eigenvalue weighted by molar-refractivity contribution is 9.10. The standard InChI is InChI=1S/C23H24BrN3O2/c1-15(2)12-20-23(27-22(28)13-16-4-8-18(24)9-5-16)25-14-21(26-20)17-6-10-19(29-3)11-7-17/h4-11,14-15H,12-13H2,1-3H3,(H,25,27,28). The molecule has 0 aliphatic rings. The minimum Gasteiger partial charge on any atom is -0.497 e. The molecule has 29 heavy (non-hydrogen) atoms. The maximum absolute atomic E-state index is 12.5. The number of nitrogens with zero attached hydrogens (tertiary/aromatic N) is 2. The Morgan fingerprint density at radius 3 is 2.41 bits per heavy atom. The van der Waals surface area contributed by atoms with Crippen LogP contribution < -0.4 is 10.1 Å². The van der Waals surface area contributed by atoms with Crippen molar-refractivity contribution in [2.24, 2.45) is 5.92 Å². The van der Waals surface area contributed by atoms with Crippen molar-refractivity contribution in [3.8, 4) is 17.0 Å². The molecule has 0 bridgehead atoms. The first-order valence-electron chi connectivity index (χ1n) is 9.49. The number of halogens is 1. The van der Waals surface area contributed by atoms with Crippen molar-refractivity contribution in [2.75, 3.05) is 12.4 Å². The summed E-state index contributed by atoms with van der Waals surface area (Å²) in [6, 6.07) is 15.4. The second-order valence-corrected chi connectivity index (χ2v) is 8.14. The minimum atomic E-state index is -0.108. The highest BCUT2D eigenvalue weighted by Gasteiger charge is 2.14. The third-order valence-corrected chi connectivity index (χ3v) is 4.90. The summed E-state index contributed by atoms with van der Waals surface area (Å²) in [6.07, 6.45) is 2.71. The molecule has 150 valence electrons. The van der Waals surface area contributed by atoms with Crippen LogP contribution in [0.25, 0.3) is 11.3 Å². The van der Waals surface area contributed by atoms with Gasteiger partial charge in [-0.2, -0.15) is 0 Å². The number of carbonyl (C=O) groups excluding carboxylic acids is 1. The van der Waals surface area contributed by atoms with E-state index in [1.807, 2.05) is 48.5 Å². The molecule has 0 fully saturated rings. The highest BCUT2D eigenvalue weighted by atomic mass is 79.9. The van der Waals surface area contributed by atoms with Gasteiger partial charge in [0.2, 0.25) is 5.91 Å². The first kappa shape index (κ1) is 21.0. The fourth-order valence-corrected chi connectivity index (χ4v) is 3.19. The zero-order chi connectivity index (χ0) is 20.8. The van der Waals surface area contributed by atoms with Gasteiger partial charge in [0.1, 0.15) is 5.75 Å². The largest absolute Gasteiger partial charge is 0.497 e. The quantitative estimate of drug-likeness (QED) is 0.527. The Bertz CT molecular complexity index is 970. The monoisotopic (exact) mass is 453 g/mol. The van der Waals surface area contributed by atoms with Crippen molar-refractivity contribution >= 4 is 27.7 Å². The number of aromatic nitrogens is 2. The zero-order valence-corrected chi connectivity index (χ0v) is 18.4. The molecule has 0 spiro atoms. The van der Waals surface area contributed by atoms with Crippen LogP contribution in [0.5, 0.6) is 5.75 Å². The van der Waals surface area contributed by atoms with Crippen LogP contribution in [0.2, 0.25) is 0 Å². The summed E-state index contributed by atoms with van der Waals surface area (Å²) >= 11 is 3.41. The first-order valence-corrected chi connectivity index (χ1v) is 10.3. The summed E-state index contributed by atoms with van der Waals surface area (Å²) in [4.78, 5) is 21.8. The van der Waals surface area contributed by atoms with Crippen molar-refractivity contribution in [2.45, 2.75) is 26.7 Å². The number of hydrogen-bond donors (Lipinski definition) is 1. The zero-order valence-electron chi connectivity index (χ0n) is 16.8. The molecular weight excluding hydrogens is 430 g/mol. The molecule has 3 rings (SSSR count). The van der Waals surface area contributed by atoms with Crippen molar-refractivity contribution in [1.82, 2.24) is 9.97 Å². The molecule has 0 aliphatic heterocycles. The lowest BCUT2D eigenvalue weighted by Crippen LogP contribution is -2.18. The van der Waals surface area contributed by atoms with Crippen molar-refractivity contribution in [1.29, 1.82) is 0 Å². The van der Waals surface area contributed by atoms with Crippen molar-refractivity contribution in [3.63, 3.8) is 0 Å². The van der Waals surface area contributed by atoms with E-state index in [2.05, 4.69) is 40.1 Å². The number of hydrogen-bond acceptors (Lipinski definition) is 4. The van der Waals surface area contributed by atoms with Gasteiger partial charge in [0.05, 0.1) is 31.1 Å².